The molecule has 0 saturated carbocycles. The Bertz CT molecular complexity index is 1310. The molecule has 3 aromatic carbocycles. The molecule has 0 fully saturated rings. The molecular weight excluding hydrogens is 372 g/mol. The van der Waals surface area contributed by atoms with Gasteiger partial charge in [0.25, 0.3) is 0 Å². The van der Waals surface area contributed by atoms with E-state index in [1.807, 2.05) is 35.6 Å². The van der Waals surface area contributed by atoms with E-state index in [1.54, 1.807) is 0 Å². The van der Waals surface area contributed by atoms with Crippen LogP contribution in [0.5, 0.6) is 0 Å². The minimum atomic E-state index is 0.0724. The van der Waals surface area contributed by atoms with Crippen molar-refractivity contribution in [3.8, 4) is 22.6 Å². The van der Waals surface area contributed by atoms with Gasteiger partial charge in [-0.25, -0.2) is 9.97 Å². The molecule has 142 valence electrons. The summed E-state index contributed by atoms with van der Waals surface area (Å²) in [5.41, 5.74) is 5.65. The maximum Gasteiger partial charge on any atom is 0.160 e. The number of thiophene rings is 1. The number of aromatic nitrogens is 2. The zero-order chi connectivity index (χ0) is 20.0. The van der Waals surface area contributed by atoms with Gasteiger partial charge in [0.2, 0.25) is 0 Å². The third-order valence-electron chi connectivity index (χ3n) is 5.23. The highest BCUT2D eigenvalue weighted by Gasteiger charge is 2.22. The predicted octanol–water partition coefficient (Wildman–Crippen LogP) is 7.48. The third-order valence-corrected chi connectivity index (χ3v) is 6.46. The highest BCUT2D eigenvalue weighted by atomic mass is 32.1. The molecular formula is C26H22N2S. The lowest BCUT2D eigenvalue weighted by Crippen LogP contribution is -2.10. The summed E-state index contributed by atoms with van der Waals surface area (Å²) in [6, 6.07) is 27.3. The lowest BCUT2D eigenvalue weighted by Gasteiger charge is -2.19. The van der Waals surface area contributed by atoms with Gasteiger partial charge in [-0.1, -0.05) is 99.6 Å². The molecule has 0 unspecified atom stereocenters. The lowest BCUT2D eigenvalue weighted by atomic mass is 9.86. The zero-order valence-electron chi connectivity index (χ0n) is 16.8. The van der Waals surface area contributed by atoms with Crippen LogP contribution < -0.4 is 0 Å². The zero-order valence-corrected chi connectivity index (χ0v) is 17.6. The number of hydrogen-bond acceptors (Lipinski definition) is 3. The molecule has 2 nitrogen and oxygen atoms in total. The van der Waals surface area contributed by atoms with Gasteiger partial charge in [0.05, 0.1) is 15.9 Å². The molecule has 5 rings (SSSR count). The average Bonchev–Trinajstić information content (AvgIpc) is 3.12. The van der Waals surface area contributed by atoms with E-state index in [9.17, 15) is 0 Å². The molecule has 0 radical (unpaired) electrons. The van der Waals surface area contributed by atoms with E-state index in [0.29, 0.717) is 0 Å². The Kier molecular flexibility index (Phi) is 4.21. The molecule has 29 heavy (non-hydrogen) atoms. The van der Waals surface area contributed by atoms with Crippen molar-refractivity contribution in [2.45, 2.75) is 26.2 Å². The van der Waals surface area contributed by atoms with Crippen molar-refractivity contribution in [1.29, 1.82) is 0 Å². The Morgan fingerprint density at radius 1 is 0.655 bits per heavy atom. The number of nitrogens with zero attached hydrogens (tertiary/aromatic N) is 2. The Balaban J connectivity index is 1.91. The molecule has 0 bridgehead atoms. The standard InChI is InChI=1S/C26H22N2S/c1-26(2,3)20-16-10-15-19-22-24(29-23(19)20)21(17-11-6-4-7-12-17)27-25(28-22)18-13-8-5-9-14-18/h4-16H,1-3H3. The fraction of sp³-hybridized carbons (Fsp3) is 0.154. The molecule has 0 aliphatic carbocycles. The van der Waals surface area contributed by atoms with Crippen LogP contribution in [0.2, 0.25) is 0 Å². The average molecular weight is 395 g/mol. The van der Waals surface area contributed by atoms with Gasteiger partial charge in [0.1, 0.15) is 0 Å². The van der Waals surface area contributed by atoms with Crippen LogP contribution in [0.1, 0.15) is 26.3 Å². The summed E-state index contributed by atoms with van der Waals surface area (Å²) in [6.07, 6.45) is 0. The van der Waals surface area contributed by atoms with Crippen LogP contribution in [0, 0.1) is 0 Å². The molecule has 5 aromatic rings. The minimum Gasteiger partial charge on any atom is -0.226 e. The fourth-order valence-electron chi connectivity index (χ4n) is 3.76. The van der Waals surface area contributed by atoms with Gasteiger partial charge >= 0.3 is 0 Å². The molecule has 0 saturated heterocycles. The lowest BCUT2D eigenvalue weighted by molar-refractivity contribution is 0.597. The van der Waals surface area contributed by atoms with Crippen molar-refractivity contribution in [3.63, 3.8) is 0 Å². The van der Waals surface area contributed by atoms with Crippen molar-refractivity contribution >= 4 is 31.6 Å². The van der Waals surface area contributed by atoms with Crippen LogP contribution in [0.4, 0.5) is 0 Å². The van der Waals surface area contributed by atoms with Crippen LogP contribution in [0.25, 0.3) is 42.9 Å². The molecule has 0 amide bonds. The summed E-state index contributed by atoms with van der Waals surface area (Å²) in [6.45, 7) is 6.81. The van der Waals surface area contributed by atoms with Crippen molar-refractivity contribution in [2.75, 3.05) is 0 Å². The first-order chi connectivity index (χ1) is 14.0. The Hall–Kier alpha value is -3.04. The van der Waals surface area contributed by atoms with Crippen molar-refractivity contribution in [2.24, 2.45) is 0 Å². The maximum absolute atomic E-state index is 5.04. The summed E-state index contributed by atoms with van der Waals surface area (Å²) < 4.78 is 2.47. The molecule has 0 spiro atoms. The molecule has 2 aromatic heterocycles. The van der Waals surface area contributed by atoms with Crippen LogP contribution in [-0.2, 0) is 5.41 Å². The normalized spacial score (nSPS) is 12.0. The number of fused-ring (bicyclic) bond motifs is 3. The molecule has 0 N–H and O–H groups in total. The maximum atomic E-state index is 5.04. The number of benzene rings is 3. The minimum absolute atomic E-state index is 0.0724. The Labute approximate surface area is 174 Å². The second-order valence-corrected chi connectivity index (χ2v) is 9.36. The smallest absolute Gasteiger partial charge is 0.160 e. The first-order valence-corrected chi connectivity index (χ1v) is 10.7. The number of rotatable bonds is 2. The van der Waals surface area contributed by atoms with Gasteiger partial charge < -0.3 is 0 Å². The topological polar surface area (TPSA) is 25.8 Å². The first-order valence-electron chi connectivity index (χ1n) is 9.87. The summed E-state index contributed by atoms with van der Waals surface area (Å²) in [5, 5.41) is 1.22. The Morgan fingerprint density at radius 2 is 1.31 bits per heavy atom. The van der Waals surface area contributed by atoms with E-state index in [1.165, 1.54) is 15.6 Å². The van der Waals surface area contributed by atoms with Gasteiger partial charge in [-0.15, -0.1) is 11.3 Å². The van der Waals surface area contributed by atoms with Crippen molar-refractivity contribution < 1.29 is 0 Å². The number of hydrogen-bond donors (Lipinski definition) is 0. The predicted molar refractivity (Wildman–Crippen MR) is 124 cm³/mol. The summed E-state index contributed by atoms with van der Waals surface area (Å²) in [5.74, 6) is 0.776. The largest absolute Gasteiger partial charge is 0.226 e. The Morgan fingerprint density at radius 3 is 1.97 bits per heavy atom. The fourth-order valence-corrected chi connectivity index (χ4v) is 5.24. The van der Waals surface area contributed by atoms with E-state index in [4.69, 9.17) is 9.97 Å². The molecule has 3 heteroatoms. The highest BCUT2D eigenvalue weighted by Crippen LogP contribution is 2.43. The van der Waals surface area contributed by atoms with Crippen LogP contribution in [0.15, 0.2) is 78.9 Å². The second kappa shape index (κ2) is 6.78. The highest BCUT2D eigenvalue weighted by molar-refractivity contribution is 7.26. The molecule has 0 atom stereocenters. The van der Waals surface area contributed by atoms with E-state index in [-0.39, 0.29) is 5.41 Å². The molecule has 0 aliphatic rings. The van der Waals surface area contributed by atoms with Crippen LogP contribution >= 0.6 is 11.3 Å². The van der Waals surface area contributed by atoms with E-state index >= 15 is 0 Å². The third kappa shape index (κ3) is 3.12. The van der Waals surface area contributed by atoms with Gasteiger partial charge in [-0.3, -0.25) is 0 Å². The quantitative estimate of drug-likeness (QED) is 0.310. The van der Waals surface area contributed by atoms with E-state index in [2.05, 4.69) is 75.4 Å². The molecule has 2 heterocycles. The first kappa shape index (κ1) is 18.0. The SMILES string of the molecule is CC(C)(C)c1cccc2c1sc1c(-c3ccccc3)nc(-c3ccccc3)nc12. The van der Waals surface area contributed by atoms with E-state index < -0.39 is 0 Å². The summed E-state index contributed by atoms with van der Waals surface area (Å²) in [4.78, 5) is 10.1. The summed E-state index contributed by atoms with van der Waals surface area (Å²) in [7, 11) is 0. The molecule has 0 aliphatic heterocycles. The second-order valence-electron chi connectivity index (χ2n) is 8.34. The van der Waals surface area contributed by atoms with Crippen molar-refractivity contribution in [3.05, 3.63) is 84.4 Å². The van der Waals surface area contributed by atoms with Crippen LogP contribution in [-0.4, -0.2) is 9.97 Å². The van der Waals surface area contributed by atoms with Gasteiger partial charge in [0.15, 0.2) is 5.82 Å². The van der Waals surface area contributed by atoms with Gasteiger partial charge in [-0.2, -0.15) is 0 Å². The monoisotopic (exact) mass is 394 g/mol. The van der Waals surface area contributed by atoms with Gasteiger partial charge in [-0.05, 0) is 11.0 Å². The van der Waals surface area contributed by atoms with Crippen LogP contribution in [0.3, 0.4) is 0 Å². The van der Waals surface area contributed by atoms with Gasteiger partial charge in [0, 0.05) is 21.2 Å². The van der Waals surface area contributed by atoms with Crippen molar-refractivity contribution in [1.82, 2.24) is 9.97 Å². The summed E-state index contributed by atoms with van der Waals surface area (Å²) >= 11 is 1.82. The van der Waals surface area contributed by atoms with E-state index in [0.717, 1.165) is 32.9 Å².